The second kappa shape index (κ2) is 8.74. The molecule has 3 nitrogen and oxygen atoms in total. The molecule has 0 aliphatic heterocycles. The topological polar surface area (TPSA) is 28.2 Å². The van der Waals surface area contributed by atoms with Crippen LogP contribution in [0.2, 0.25) is 0 Å². The van der Waals surface area contributed by atoms with Gasteiger partial charge in [-0.2, -0.15) is 0 Å². The van der Waals surface area contributed by atoms with E-state index in [4.69, 9.17) is 0 Å². The van der Waals surface area contributed by atoms with E-state index >= 15 is 0 Å². The number of aromatic nitrogens is 1. The summed E-state index contributed by atoms with van der Waals surface area (Å²) >= 11 is 1.84. The van der Waals surface area contributed by atoms with Gasteiger partial charge in [0.1, 0.15) is 0 Å². The molecule has 1 N–H and O–H groups in total. The van der Waals surface area contributed by atoms with Crippen LogP contribution in [0.5, 0.6) is 0 Å². The Morgan fingerprint density at radius 3 is 2.57 bits per heavy atom. The van der Waals surface area contributed by atoms with Gasteiger partial charge >= 0.3 is 0 Å². The van der Waals surface area contributed by atoms with Gasteiger partial charge in [-0.3, -0.25) is 0 Å². The number of thiazole rings is 1. The van der Waals surface area contributed by atoms with Crippen molar-refractivity contribution in [3.05, 3.63) is 11.1 Å². The van der Waals surface area contributed by atoms with Gasteiger partial charge in [0.25, 0.3) is 0 Å². The first kappa shape index (κ1) is 16.8. The summed E-state index contributed by atoms with van der Waals surface area (Å²) in [6.07, 6.45) is 10.4. The standard InChI is InChI=1S/C17H31N3S/c1-4-16(14-10-8-7-9-11-14)18-12-15-13-19-17(21-15)20(5-2)6-3/h13-14,16,18H,4-12H2,1-3H3. The minimum absolute atomic E-state index is 0.685. The summed E-state index contributed by atoms with van der Waals surface area (Å²) in [5, 5.41) is 4.96. The minimum Gasteiger partial charge on any atom is -0.349 e. The molecule has 1 saturated carbocycles. The smallest absolute Gasteiger partial charge is 0.185 e. The molecule has 1 aliphatic carbocycles. The fourth-order valence-corrected chi connectivity index (χ4v) is 4.42. The van der Waals surface area contributed by atoms with Crippen LogP contribution in [-0.2, 0) is 6.54 Å². The minimum atomic E-state index is 0.685. The molecule has 1 aliphatic rings. The van der Waals surface area contributed by atoms with Gasteiger partial charge in [-0.1, -0.05) is 26.2 Å². The average Bonchev–Trinajstić information content (AvgIpc) is 2.99. The lowest BCUT2D eigenvalue weighted by Crippen LogP contribution is -2.36. The Hall–Kier alpha value is -0.610. The van der Waals surface area contributed by atoms with E-state index in [0.717, 1.165) is 25.6 Å². The number of nitrogens with one attached hydrogen (secondary N) is 1. The Balaban J connectivity index is 1.86. The molecule has 0 aromatic carbocycles. The first-order chi connectivity index (χ1) is 10.3. The van der Waals surface area contributed by atoms with E-state index in [2.05, 4.69) is 42.2 Å². The SMILES string of the molecule is CCC(NCc1cnc(N(CC)CC)s1)C1CCCCC1. The Morgan fingerprint density at radius 2 is 1.95 bits per heavy atom. The van der Waals surface area contributed by atoms with Crippen molar-refractivity contribution < 1.29 is 0 Å². The molecular formula is C17H31N3S. The molecule has 1 fully saturated rings. The maximum Gasteiger partial charge on any atom is 0.185 e. The molecule has 1 heterocycles. The summed E-state index contributed by atoms with van der Waals surface area (Å²) < 4.78 is 0. The molecule has 2 rings (SSSR count). The lowest BCUT2D eigenvalue weighted by atomic mass is 9.83. The van der Waals surface area contributed by atoms with Gasteiger partial charge in [-0.15, -0.1) is 11.3 Å². The molecule has 120 valence electrons. The van der Waals surface area contributed by atoms with E-state index in [1.807, 2.05) is 11.3 Å². The van der Waals surface area contributed by atoms with Crippen LogP contribution >= 0.6 is 11.3 Å². The third kappa shape index (κ3) is 4.68. The van der Waals surface area contributed by atoms with Crippen LogP contribution in [0.25, 0.3) is 0 Å². The van der Waals surface area contributed by atoms with Crippen molar-refractivity contribution >= 4 is 16.5 Å². The van der Waals surface area contributed by atoms with Crippen molar-refractivity contribution in [2.24, 2.45) is 5.92 Å². The molecule has 21 heavy (non-hydrogen) atoms. The zero-order chi connectivity index (χ0) is 15.1. The summed E-state index contributed by atoms with van der Waals surface area (Å²) in [4.78, 5) is 8.27. The van der Waals surface area contributed by atoms with Gasteiger partial charge in [-0.05, 0) is 39.0 Å². The molecule has 0 saturated heterocycles. The second-order valence-electron chi connectivity index (χ2n) is 6.08. The van der Waals surface area contributed by atoms with E-state index in [9.17, 15) is 0 Å². The van der Waals surface area contributed by atoms with Gasteiger partial charge in [0.2, 0.25) is 0 Å². The predicted molar refractivity (Wildman–Crippen MR) is 93.2 cm³/mol. The highest BCUT2D eigenvalue weighted by Crippen LogP contribution is 2.28. The van der Waals surface area contributed by atoms with Gasteiger partial charge in [0.05, 0.1) is 0 Å². The highest BCUT2D eigenvalue weighted by molar-refractivity contribution is 7.15. The molecule has 1 atom stereocenters. The first-order valence-electron chi connectivity index (χ1n) is 8.71. The van der Waals surface area contributed by atoms with Crippen LogP contribution < -0.4 is 10.2 Å². The van der Waals surface area contributed by atoms with Crippen molar-refractivity contribution in [2.75, 3.05) is 18.0 Å². The van der Waals surface area contributed by atoms with Crippen LogP contribution in [0.3, 0.4) is 0 Å². The Morgan fingerprint density at radius 1 is 1.24 bits per heavy atom. The van der Waals surface area contributed by atoms with Crippen molar-refractivity contribution in [2.45, 2.75) is 71.9 Å². The fourth-order valence-electron chi connectivity index (χ4n) is 3.43. The molecule has 1 unspecified atom stereocenters. The van der Waals surface area contributed by atoms with E-state index in [1.54, 1.807) is 0 Å². The molecular weight excluding hydrogens is 278 g/mol. The predicted octanol–water partition coefficient (Wildman–Crippen LogP) is 4.44. The molecule has 1 aromatic rings. The van der Waals surface area contributed by atoms with E-state index in [1.165, 1.54) is 48.5 Å². The lowest BCUT2D eigenvalue weighted by molar-refractivity contribution is 0.262. The number of anilines is 1. The molecule has 4 heteroatoms. The highest BCUT2D eigenvalue weighted by atomic mass is 32.1. The Kier molecular flexibility index (Phi) is 6.97. The second-order valence-corrected chi connectivity index (χ2v) is 7.17. The maximum absolute atomic E-state index is 4.58. The third-order valence-electron chi connectivity index (χ3n) is 4.77. The van der Waals surface area contributed by atoms with Crippen molar-refractivity contribution in [3.8, 4) is 0 Å². The summed E-state index contributed by atoms with van der Waals surface area (Å²) in [5.74, 6) is 0.888. The quantitative estimate of drug-likeness (QED) is 0.769. The summed E-state index contributed by atoms with van der Waals surface area (Å²) in [6, 6.07) is 0.685. The first-order valence-corrected chi connectivity index (χ1v) is 9.53. The maximum atomic E-state index is 4.58. The van der Waals surface area contributed by atoms with Crippen molar-refractivity contribution in [1.29, 1.82) is 0 Å². The number of rotatable bonds is 8. The monoisotopic (exact) mass is 309 g/mol. The van der Waals surface area contributed by atoms with Crippen molar-refractivity contribution in [1.82, 2.24) is 10.3 Å². The van der Waals surface area contributed by atoms with E-state index < -0.39 is 0 Å². The van der Waals surface area contributed by atoms with Crippen LogP contribution in [0.15, 0.2) is 6.20 Å². The fraction of sp³-hybridized carbons (Fsp3) is 0.824. The molecule has 0 bridgehead atoms. The van der Waals surface area contributed by atoms with Gasteiger partial charge in [-0.25, -0.2) is 4.98 Å². The van der Waals surface area contributed by atoms with Crippen LogP contribution in [0.4, 0.5) is 5.13 Å². The highest BCUT2D eigenvalue weighted by Gasteiger charge is 2.22. The largest absolute Gasteiger partial charge is 0.349 e. The van der Waals surface area contributed by atoms with Crippen LogP contribution in [-0.4, -0.2) is 24.1 Å². The molecule has 0 radical (unpaired) electrons. The molecule has 0 amide bonds. The van der Waals surface area contributed by atoms with Gasteiger partial charge < -0.3 is 10.2 Å². The zero-order valence-electron chi connectivity index (χ0n) is 13.9. The summed E-state index contributed by atoms with van der Waals surface area (Å²) in [5.41, 5.74) is 0. The lowest BCUT2D eigenvalue weighted by Gasteiger charge is -2.30. The Labute approximate surface area is 134 Å². The van der Waals surface area contributed by atoms with Crippen LogP contribution in [0.1, 0.15) is 64.2 Å². The molecule has 0 spiro atoms. The van der Waals surface area contributed by atoms with E-state index in [0.29, 0.717) is 6.04 Å². The number of nitrogens with zero attached hydrogens (tertiary/aromatic N) is 2. The Bertz CT molecular complexity index is 394. The van der Waals surface area contributed by atoms with Crippen LogP contribution in [0, 0.1) is 5.92 Å². The normalized spacial score (nSPS) is 17.9. The van der Waals surface area contributed by atoms with Gasteiger partial charge in [0, 0.05) is 36.8 Å². The average molecular weight is 310 g/mol. The summed E-state index contributed by atoms with van der Waals surface area (Å²) in [7, 11) is 0. The summed E-state index contributed by atoms with van der Waals surface area (Å²) in [6.45, 7) is 9.76. The number of hydrogen-bond donors (Lipinski definition) is 1. The van der Waals surface area contributed by atoms with Gasteiger partial charge in [0.15, 0.2) is 5.13 Å². The van der Waals surface area contributed by atoms with Crippen molar-refractivity contribution in [3.63, 3.8) is 0 Å². The number of hydrogen-bond acceptors (Lipinski definition) is 4. The van der Waals surface area contributed by atoms with E-state index in [-0.39, 0.29) is 0 Å². The zero-order valence-corrected chi connectivity index (χ0v) is 14.7. The molecule has 1 aromatic heterocycles. The third-order valence-corrected chi connectivity index (χ3v) is 5.83.